The van der Waals surface area contributed by atoms with Crippen molar-refractivity contribution < 1.29 is 9.47 Å². The van der Waals surface area contributed by atoms with Gasteiger partial charge in [-0.1, -0.05) is 134 Å². The Balaban J connectivity index is 1.47. The van der Waals surface area contributed by atoms with E-state index < -0.39 is 0 Å². The van der Waals surface area contributed by atoms with Crippen LogP contribution in [0.1, 0.15) is 45.5 Å². The predicted molar refractivity (Wildman–Crippen MR) is 178 cm³/mol. The lowest BCUT2D eigenvalue weighted by Gasteiger charge is -2.44. The molecule has 1 aliphatic rings. The zero-order chi connectivity index (χ0) is 29.6. The summed E-state index contributed by atoms with van der Waals surface area (Å²) in [6, 6.07) is 46.5. The predicted octanol–water partition coefficient (Wildman–Crippen LogP) is 7.93. The first kappa shape index (κ1) is 28.7. The monoisotopic (exact) mass is 584 g/mol. The maximum absolute atomic E-state index is 6.38. The Bertz CT molecular complexity index is 1610. The van der Waals surface area contributed by atoms with Gasteiger partial charge in [-0.2, -0.15) is 0 Å². The van der Waals surface area contributed by atoms with Crippen LogP contribution in [-0.4, -0.2) is 30.1 Å². The van der Waals surface area contributed by atoms with Gasteiger partial charge < -0.3 is 14.8 Å². The van der Waals surface area contributed by atoms with E-state index in [-0.39, 0.29) is 18.1 Å². The zero-order valence-corrected chi connectivity index (χ0v) is 25.3. The van der Waals surface area contributed by atoms with Crippen molar-refractivity contribution in [1.29, 1.82) is 0 Å². The number of ether oxygens (including phenoxy) is 2. The molecule has 0 bridgehead atoms. The molecule has 1 aliphatic heterocycles. The molecule has 0 saturated heterocycles. The van der Waals surface area contributed by atoms with Gasteiger partial charge in [0.15, 0.2) is 11.5 Å². The van der Waals surface area contributed by atoms with Crippen molar-refractivity contribution in [3.63, 3.8) is 0 Å². The van der Waals surface area contributed by atoms with Gasteiger partial charge in [-0.3, -0.25) is 4.90 Å². The molecule has 0 unspecified atom stereocenters. The molecule has 4 nitrogen and oxygen atoms in total. The summed E-state index contributed by atoms with van der Waals surface area (Å²) in [7, 11) is 3.39. The molecule has 5 aromatic carbocycles. The number of nitrogens with one attached hydrogen (secondary N) is 1. The van der Waals surface area contributed by atoms with Gasteiger partial charge in [-0.25, -0.2) is 0 Å². The topological polar surface area (TPSA) is 33.7 Å². The number of fused-ring (bicyclic) bond motifs is 1. The lowest BCUT2D eigenvalue weighted by Crippen LogP contribution is -2.52. The molecule has 0 aromatic heterocycles. The fourth-order valence-electron chi connectivity index (χ4n) is 6.19. The summed E-state index contributed by atoms with van der Waals surface area (Å²) in [5.74, 6) is 1.46. The van der Waals surface area contributed by atoms with E-state index >= 15 is 0 Å². The number of benzene rings is 5. The number of hydrogen-bond donors (Lipinski definition) is 1. The average molecular weight is 585 g/mol. The van der Waals surface area contributed by atoms with E-state index in [1.54, 1.807) is 14.2 Å². The summed E-state index contributed by atoms with van der Waals surface area (Å²) in [5, 5.41) is 3.82. The molecule has 216 valence electrons. The van der Waals surface area contributed by atoms with E-state index in [0.717, 1.165) is 29.5 Å². The molecule has 1 N–H and O–H groups in total. The fraction of sp³-hybridized carbons (Fsp3) is 0.184. The average Bonchev–Trinajstić information content (AvgIpc) is 3.07. The van der Waals surface area contributed by atoms with Crippen molar-refractivity contribution in [2.45, 2.75) is 31.1 Å². The summed E-state index contributed by atoms with van der Waals surface area (Å²) in [4.78, 5) is 3.36. The molecule has 0 spiro atoms. The van der Waals surface area contributed by atoms with Gasteiger partial charge >= 0.3 is 0 Å². The fourth-order valence-corrected chi connectivity index (χ4v) is 6.52. The molecule has 0 radical (unpaired) electrons. The van der Waals surface area contributed by atoms with Crippen LogP contribution in [0.25, 0.3) is 0 Å². The van der Waals surface area contributed by atoms with E-state index in [2.05, 4.69) is 144 Å². The lowest BCUT2D eigenvalue weighted by molar-refractivity contribution is 0.168. The van der Waals surface area contributed by atoms with Crippen LogP contribution in [0.15, 0.2) is 133 Å². The van der Waals surface area contributed by atoms with Crippen LogP contribution < -0.4 is 14.8 Å². The molecule has 5 heteroatoms. The Morgan fingerprint density at radius 1 is 0.744 bits per heavy atom. The summed E-state index contributed by atoms with van der Waals surface area (Å²) in [5.41, 5.74) is 7.22. The smallest absolute Gasteiger partial charge is 0.161 e. The summed E-state index contributed by atoms with van der Waals surface area (Å²) >= 11 is 6.38. The molecule has 6 rings (SSSR count). The normalized spacial score (nSPS) is 16.3. The molecule has 0 aliphatic carbocycles. The standard InChI is InChI=1S/C38H36N2O2S/c1-41-34-24-31-23-33(38(43)39-36(28-17-9-4-10-18-28)29-19-11-5-12-20-29)40(26-27-15-7-3-8-16-27)37(30-21-13-6-14-22-30)32(31)25-35(34)42-2/h3-22,24-25,33,36-37H,23,26H2,1-2H3,(H,39,43)/t33-,37+/m0/s1. The first-order chi connectivity index (χ1) is 21.2. The highest BCUT2D eigenvalue weighted by Gasteiger charge is 2.39. The van der Waals surface area contributed by atoms with Gasteiger partial charge in [0, 0.05) is 6.54 Å². The number of hydrogen-bond acceptors (Lipinski definition) is 4. The van der Waals surface area contributed by atoms with Gasteiger partial charge in [0.05, 0.1) is 37.3 Å². The third kappa shape index (κ3) is 6.19. The molecule has 0 fully saturated rings. The van der Waals surface area contributed by atoms with Crippen molar-refractivity contribution in [2.75, 3.05) is 14.2 Å². The van der Waals surface area contributed by atoms with Gasteiger partial charge in [0.1, 0.15) is 0 Å². The third-order valence-electron chi connectivity index (χ3n) is 8.26. The minimum atomic E-state index is -0.0737. The molecule has 0 saturated carbocycles. The molecule has 5 aromatic rings. The molecular weight excluding hydrogens is 548 g/mol. The second kappa shape index (κ2) is 13.2. The van der Waals surface area contributed by atoms with Crippen LogP contribution in [-0.2, 0) is 13.0 Å². The third-order valence-corrected chi connectivity index (χ3v) is 8.65. The second-order valence-corrected chi connectivity index (χ2v) is 11.3. The van der Waals surface area contributed by atoms with E-state index in [1.165, 1.54) is 33.4 Å². The van der Waals surface area contributed by atoms with Crippen molar-refractivity contribution in [3.8, 4) is 11.5 Å². The van der Waals surface area contributed by atoms with Crippen LogP contribution in [0.3, 0.4) is 0 Å². The van der Waals surface area contributed by atoms with Crippen molar-refractivity contribution in [1.82, 2.24) is 10.2 Å². The van der Waals surface area contributed by atoms with E-state index in [0.29, 0.717) is 0 Å². The number of thiocarbonyl (C=S) groups is 1. The number of nitrogens with zero attached hydrogens (tertiary/aromatic N) is 1. The summed E-state index contributed by atoms with van der Waals surface area (Å²) < 4.78 is 11.5. The van der Waals surface area contributed by atoms with Crippen LogP contribution >= 0.6 is 12.2 Å². The molecular formula is C38H36N2O2S. The number of methoxy groups -OCH3 is 2. The highest BCUT2D eigenvalue weighted by Crippen LogP contribution is 2.44. The van der Waals surface area contributed by atoms with Gasteiger partial charge in [-0.05, 0) is 51.9 Å². The minimum absolute atomic E-state index is 0.0402. The maximum atomic E-state index is 6.38. The van der Waals surface area contributed by atoms with E-state index in [4.69, 9.17) is 21.7 Å². The van der Waals surface area contributed by atoms with E-state index in [9.17, 15) is 0 Å². The summed E-state index contributed by atoms with van der Waals surface area (Å²) in [6.45, 7) is 0.738. The number of rotatable bonds is 9. The SMILES string of the molecule is COc1cc2c(cc1OC)[C@@H](c1ccccc1)N(Cc1ccccc1)[C@H](C(=S)NC(c1ccccc1)c1ccccc1)C2. The van der Waals surface area contributed by atoms with Crippen molar-refractivity contribution in [3.05, 3.63) is 167 Å². The Morgan fingerprint density at radius 3 is 1.81 bits per heavy atom. The maximum Gasteiger partial charge on any atom is 0.161 e. The molecule has 43 heavy (non-hydrogen) atoms. The van der Waals surface area contributed by atoms with Gasteiger partial charge in [0.2, 0.25) is 0 Å². The van der Waals surface area contributed by atoms with Gasteiger partial charge in [-0.15, -0.1) is 0 Å². The van der Waals surface area contributed by atoms with Crippen LogP contribution in [0.5, 0.6) is 11.5 Å². The Morgan fingerprint density at radius 2 is 1.26 bits per heavy atom. The molecule has 1 heterocycles. The Hall–Kier alpha value is -4.45. The highest BCUT2D eigenvalue weighted by molar-refractivity contribution is 7.80. The van der Waals surface area contributed by atoms with Crippen LogP contribution in [0.4, 0.5) is 0 Å². The Labute approximate surface area is 259 Å². The van der Waals surface area contributed by atoms with Crippen LogP contribution in [0, 0.1) is 0 Å². The summed E-state index contributed by atoms with van der Waals surface area (Å²) in [6.07, 6.45) is 0.744. The molecule has 2 atom stereocenters. The minimum Gasteiger partial charge on any atom is -0.493 e. The van der Waals surface area contributed by atoms with Crippen LogP contribution in [0.2, 0.25) is 0 Å². The first-order valence-electron chi connectivity index (χ1n) is 14.7. The quantitative estimate of drug-likeness (QED) is 0.178. The highest BCUT2D eigenvalue weighted by atomic mass is 32.1. The lowest BCUT2D eigenvalue weighted by atomic mass is 9.83. The second-order valence-electron chi connectivity index (χ2n) is 10.9. The van der Waals surface area contributed by atoms with Crippen molar-refractivity contribution >= 4 is 17.2 Å². The zero-order valence-electron chi connectivity index (χ0n) is 24.5. The van der Waals surface area contributed by atoms with Gasteiger partial charge in [0.25, 0.3) is 0 Å². The van der Waals surface area contributed by atoms with E-state index in [1.807, 2.05) is 0 Å². The largest absolute Gasteiger partial charge is 0.493 e. The Kier molecular flexibility index (Phi) is 8.83. The van der Waals surface area contributed by atoms with Crippen molar-refractivity contribution in [2.24, 2.45) is 0 Å². The molecule has 0 amide bonds. The first-order valence-corrected chi connectivity index (χ1v) is 15.1.